The van der Waals surface area contributed by atoms with Crippen molar-refractivity contribution in [1.82, 2.24) is 39.0 Å². The minimum atomic E-state index is -4.20. The van der Waals surface area contributed by atoms with Crippen LogP contribution in [0.25, 0.3) is 22.3 Å². The summed E-state index contributed by atoms with van der Waals surface area (Å²) in [4.78, 5) is 58.1. The molecule has 0 radical (unpaired) electrons. The van der Waals surface area contributed by atoms with E-state index in [1.807, 2.05) is 0 Å². The van der Waals surface area contributed by atoms with E-state index in [0.29, 0.717) is 17.0 Å². The highest BCUT2D eigenvalue weighted by Crippen LogP contribution is 2.54. The van der Waals surface area contributed by atoms with Crippen LogP contribution in [0.2, 0.25) is 0 Å². The Bertz CT molecular complexity index is 1790. The first-order valence-corrected chi connectivity index (χ1v) is 17.3. The lowest BCUT2D eigenvalue weighted by molar-refractivity contribution is -0.0469. The molecule has 16 nitrogen and oxygen atoms in total. The fourth-order valence-electron chi connectivity index (χ4n) is 4.72. The van der Waals surface area contributed by atoms with Gasteiger partial charge in [0.1, 0.15) is 48.1 Å². The average molecular weight is 649 g/mol. The minimum Gasteiger partial charge on any atom is -0.346 e. The molecule has 2 aliphatic rings. The standard InChI is InChI=1S/C20H23FN8O8P2S2/c1-9-17-27-11-5-22-7-23-18(11)28(17)3-4-33-38(31,40)34-6-12-13(21)15(37-39(32,41)36-9)20(35-12)29-8-24-16-14(29)19(30)26-10(2)25-16/h5,7-9,12-13,15,20H,3-4,6H2,1-2H3,(H,31,40)(H,32,41)(H,25,26,30)/t9-,12+,13+,15+,20+,38?,39?/m0/s1. The summed E-state index contributed by atoms with van der Waals surface area (Å²) in [6.07, 6.45) is -3.24. The number of hydrogen-bond donors (Lipinski definition) is 3. The number of ether oxygens (including phenoxy) is 1. The highest BCUT2D eigenvalue weighted by Gasteiger charge is 2.50. The number of nitrogens with one attached hydrogen (secondary N) is 1. The summed E-state index contributed by atoms with van der Waals surface area (Å²) < 4.78 is 47.0. The van der Waals surface area contributed by atoms with Crippen molar-refractivity contribution in [3.8, 4) is 0 Å². The lowest BCUT2D eigenvalue weighted by Crippen LogP contribution is -2.32. The van der Waals surface area contributed by atoms with Crippen molar-refractivity contribution in [2.75, 3.05) is 13.2 Å². The van der Waals surface area contributed by atoms with Gasteiger partial charge in [-0.1, -0.05) is 0 Å². The van der Waals surface area contributed by atoms with Gasteiger partial charge in [0.15, 0.2) is 29.2 Å². The first-order chi connectivity index (χ1) is 19.4. The van der Waals surface area contributed by atoms with Crippen LogP contribution >= 0.6 is 13.4 Å². The molecule has 2 unspecified atom stereocenters. The van der Waals surface area contributed by atoms with Gasteiger partial charge in [-0.2, -0.15) is 0 Å². The maximum atomic E-state index is 15.9. The van der Waals surface area contributed by atoms with E-state index in [-0.39, 0.29) is 30.1 Å². The molecule has 0 saturated carbocycles. The Morgan fingerprint density at radius 3 is 2.78 bits per heavy atom. The summed E-state index contributed by atoms with van der Waals surface area (Å²) >= 11 is 10.4. The molecule has 2 aliphatic heterocycles. The zero-order valence-corrected chi connectivity index (χ0v) is 24.7. The van der Waals surface area contributed by atoms with Crippen molar-refractivity contribution < 1.29 is 37.0 Å². The van der Waals surface area contributed by atoms with Crippen LogP contribution in [0.3, 0.4) is 0 Å². The second-order valence-electron chi connectivity index (χ2n) is 9.22. The molecule has 4 aromatic heterocycles. The molecule has 3 N–H and O–H groups in total. The number of hydrogen-bond acceptors (Lipinski definition) is 13. The van der Waals surface area contributed by atoms with Crippen LogP contribution < -0.4 is 5.56 Å². The van der Waals surface area contributed by atoms with E-state index in [9.17, 15) is 14.6 Å². The number of aryl methyl sites for hydroxylation is 1. The number of aromatic nitrogens is 8. The molecule has 41 heavy (non-hydrogen) atoms. The SMILES string of the molecule is Cc1nc2ncn([C@@H]3O[C@@H]4COP(O)(=S)OCCn5c(nc6cncnc65)[C@H](C)OP(O)(=S)O[C@@H]3[C@@H]4F)c2c(=O)[nH]1. The summed E-state index contributed by atoms with van der Waals surface area (Å²) in [5.41, 5.74) is 0.348. The monoisotopic (exact) mass is 648 g/mol. The highest BCUT2D eigenvalue weighted by atomic mass is 32.5. The Morgan fingerprint density at radius 1 is 1.17 bits per heavy atom. The van der Waals surface area contributed by atoms with Gasteiger partial charge in [0.05, 0.1) is 19.4 Å². The van der Waals surface area contributed by atoms with Gasteiger partial charge in [0, 0.05) is 6.54 Å². The van der Waals surface area contributed by atoms with Crippen molar-refractivity contribution >= 4 is 59.4 Å². The van der Waals surface area contributed by atoms with E-state index in [1.54, 1.807) is 18.4 Å². The lowest BCUT2D eigenvalue weighted by atomic mass is 10.1. The van der Waals surface area contributed by atoms with E-state index in [1.165, 1.54) is 23.4 Å². The molecule has 1 saturated heterocycles. The molecule has 7 atom stereocenters. The summed E-state index contributed by atoms with van der Waals surface area (Å²) in [7, 11) is 0. The summed E-state index contributed by atoms with van der Waals surface area (Å²) in [6, 6.07) is 0. The summed E-state index contributed by atoms with van der Waals surface area (Å²) in [6.45, 7) is -5.46. The maximum Gasteiger partial charge on any atom is 0.325 e. The molecule has 6 rings (SSSR count). The predicted octanol–water partition coefficient (Wildman–Crippen LogP) is 1.45. The van der Waals surface area contributed by atoms with E-state index >= 15 is 4.39 Å². The van der Waals surface area contributed by atoms with Crippen LogP contribution in [-0.2, 0) is 53.0 Å². The molecule has 0 amide bonds. The van der Waals surface area contributed by atoms with Crippen LogP contribution in [0.4, 0.5) is 4.39 Å². The Morgan fingerprint density at radius 2 is 1.98 bits per heavy atom. The largest absolute Gasteiger partial charge is 0.346 e. The Labute approximate surface area is 240 Å². The third-order valence-corrected chi connectivity index (χ3v) is 9.64. The average Bonchev–Trinajstić information content (AvgIpc) is 3.56. The maximum absolute atomic E-state index is 15.9. The number of H-pyrrole nitrogens is 1. The number of aromatic amines is 1. The van der Waals surface area contributed by atoms with Gasteiger partial charge in [0.25, 0.3) is 5.56 Å². The second-order valence-corrected chi connectivity index (χ2v) is 14.8. The van der Waals surface area contributed by atoms with E-state index < -0.39 is 56.3 Å². The third-order valence-electron chi connectivity index (χ3n) is 6.42. The number of halogens is 1. The molecule has 1 fully saturated rings. The molecule has 0 aliphatic carbocycles. The zero-order valence-electron chi connectivity index (χ0n) is 21.3. The number of rotatable bonds is 1. The number of alkyl halides is 1. The summed E-state index contributed by atoms with van der Waals surface area (Å²) in [5, 5.41) is 0. The molecule has 21 heteroatoms. The van der Waals surface area contributed by atoms with Gasteiger partial charge in [-0.15, -0.1) is 0 Å². The first kappa shape index (κ1) is 28.9. The van der Waals surface area contributed by atoms with Crippen LogP contribution in [0.15, 0.2) is 23.6 Å². The molecule has 4 aromatic rings. The van der Waals surface area contributed by atoms with Crippen molar-refractivity contribution in [1.29, 1.82) is 0 Å². The van der Waals surface area contributed by atoms with Crippen molar-refractivity contribution in [2.45, 2.75) is 51.1 Å². The second kappa shape index (κ2) is 10.8. The lowest BCUT2D eigenvalue weighted by Gasteiger charge is -2.27. The third kappa shape index (κ3) is 5.64. The van der Waals surface area contributed by atoms with Gasteiger partial charge in [-0.25, -0.2) is 29.3 Å². The van der Waals surface area contributed by atoms with Crippen molar-refractivity contribution in [3.63, 3.8) is 0 Å². The van der Waals surface area contributed by atoms with Crippen LogP contribution in [-0.4, -0.2) is 80.4 Å². The number of fused-ring (bicyclic) bond motifs is 6. The Hall–Kier alpha value is -2.15. The van der Waals surface area contributed by atoms with Gasteiger partial charge < -0.3 is 33.1 Å². The van der Waals surface area contributed by atoms with Crippen LogP contribution in [0, 0.1) is 6.92 Å². The summed E-state index contributed by atoms with van der Waals surface area (Å²) in [5.74, 6) is 0.600. The molecular weight excluding hydrogens is 625 g/mol. The Balaban J connectivity index is 1.40. The van der Waals surface area contributed by atoms with Crippen molar-refractivity contribution in [2.24, 2.45) is 0 Å². The van der Waals surface area contributed by atoms with E-state index in [0.717, 1.165) is 0 Å². The topological polar surface area (TPSA) is 194 Å². The van der Waals surface area contributed by atoms with Crippen molar-refractivity contribution in [3.05, 3.63) is 40.9 Å². The molecule has 0 aromatic carbocycles. The van der Waals surface area contributed by atoms with E-state index in [4.69, 9.17) is 46.4 Å². The smallest absolute Gasteiger partial charge is 0.325 e. The predicted molar refractivity (Wildman–Crippen MR) is 146 cm³/mol. The van der Waals surface area contributed by atoms with Gasteiger partial charge in [-0.3, -0.25) is 18.4 Å². The molecule has 6 heterocycles. The molecular formula is C20H23FN8O8P2S2. The van der Waals surface area contributed by atoms with E-state index in [2.05, 4.69) is 29.9 Å². The molecule has 2 bridgehead atoms. The van der Waals surface area contributed by atoms with Gasteiger partial charge >= 0.3 is 13.4 Å². The normalized spacial score (nSPS) is 33.4. The number of imidazole rings is 2. The van der Waals surface area contributed by atoms with Crippen LogP contribution in [0.5, 0.6) is 0 Å². The fraction of sp³-hybridized carbons (Fsp3) is 0.500. The molecule has 220 valence electrons. The minimum absolute atomic E-state index is 0.0247. The highest BCUT2D eigenvalue weighted by molar-refractivity contribution is 8.07. The van der Waals surface area contributed by atoms with Gasteiger partial charge in [-0.05, 0) is 37.5 Å². The quantitative estimate of drug-likeness (QED) is 0.251. The zero-order chi connectivity index (χ0) is 29.1. The number of nitrogens with zero attached hydrogens (tertiary/aromatic N) is 7. The van der Waals surface area contributed by atoms with Crippen LogP contribution in [0.1, 0.15) is 30.9 Å². The van der Waals surface area contributed by atoms with Gasteiger partial charge in [0.2, 0.25) is 0 Å². The Kier molecular flexibility index (Phi) is 7.65. The molecule has 0 spiro atoms. The fourth-order valence-corrected chi connectivity index (χ4v) is 7.61. The first-order valence-electron chi connectivity index (χ1n) is 12.1.